The van der Waals surface area contributed by atoms with E-state index in [1.807, 2.05) is 30.3 Å². The van der Waals surface area contributed by atoms with Gasteiger partial charge in [0, 0.05) is 11.8 Å². The molecule has 126 valence electrons. The van der Waals surface area contributed by atoms with Gasteiger partial charge in [0.1, 0.15) is 6.54 Å². The highest BCUT2D eigenvalue weighted by Crippen LogP contribution is 2.20. The van der Waals surface area contributed by atoms with Gasteiger partial charge in [-0.25, -0.2) is 23.2 Å². The molecule has 2 N–H and O–H groups in total. The lowest BCUT2D eigenvalue weighted by Crippen LogP contribution is -2.16. The number of rotatable bonds is 7. The highest BCUT2D eigenvalue weighted by atomic mass is 32.2. The molecule has 24 heavy (non-hydrogen) atoms. The van der Waals surface area contributed by atoms with E-state index in [2.05, 4.69) is 15.3 Å². The third kappa shape index (κ3) is 4.49. The lowest BCUT2D eigenvalue weighted by atomic mass is 10.2. The molecule has 0 aliphatic heterocycles. The van der Waals surface area contributed by atoms with Crippen molar-refractivity contribution in [1.82, 2.24) is 20.0 Å². The monoisotopic (exact) mass is 347 g/mol. The van der Waals surface area contributed by atoms with Crippen LogP contribution in [0.2, 0.25) is 0 Å². The molecule has 0 aliphatic rings. The van der Waals surface area contributed by atoms with Crippen LogP contribution >= 0.6 is 0 Å². The quantitative estimate of drug-likeness (QED) is 0.686. The van der Waals surface area contributed by atoms with Crippen molar-refractivity contribution >= 4 is 10.0 Å². The van der Waals surface area contributed by atoms with E-state index in [1.54, 1.807) is 17.1 Å². The SMILES string of the molecule is NS(=O)(=O)CCCc1cn(Cc2ncc(-c3ccccc3)o2)nn1. The number of benzene rings is 1. The Morgan fingerprint density at radius 2 is 2.00 bits per heavy atom. The zero-order valence-corrected chi connectivity index (χ0v) is 13.7. The number of nitrogens with zero attached hydrogens (tertiary/aromatic N) is 4. The van der Waals surface area contributed by atoms with Crippen molar-refractivity contribution in [2.45, 2.75) is 19.4 Å². The van der Waals surface area contributed by atoms with Crippen LogP contribution in [-0.2, 0) is 23.0 Å². The van der Waals surface area contributed by atoms with Crippen molar-refractivity contribution in [3.63, 3.8) is 0 Å². The number of hydrogen-bond donors (Lipinski definition) is 1. The Kier molecular flexibility index (Phi) is 4.72. The molecule has 0 spiro atoms. The topological polar surface area (TPSA) is 117 Å². The summed E-state index contributed by atoms with van der Waals surface area (Å²) in [6.07, 6.45) is 4.33. The van der Waals surface area contributed by atoms with Crippen molar-refractivity contribution in [3.8, 4) is 11.3 Å². The van der Waals surface area contributed by atoms with Crippen LogP contribution in [0.1, 0.15) is 18.0 Å². The molecule has 8 nitrogen and oxygen atoms in total. The Balaban J connectivity index is 1.60. The Morgan fingerprint density at radius 3 is 2.75 bits per heavy atom. The molecule has 9 heteroatoms. The van der Waals surface area contributed by atoms with Crippen LogP contribution in [0.15, 0.2) is 47.1 Å². The maximum atomic E-state index is 10.9. The van der Waals surface area contributed by atoms with Gasteiger partial charge in [-0.05, 0) is 12.8 Å². The second-order valence-corrected chi connectivity index (χ2v) is 7.10. The Labute approximate surface area is 139 Å². The predicted molar refractivity (Wildman–Crippen MR) is 87.4 cm³/mol. The molecule has 0 aliphatic carbocycles. The average molecular weight is 347 g/mol. The minimum absolute atomic E-state index is 0.0694. The summed E-state index contributed by atoms with van der Waals surface area (Å²) in [7, 11) is -3.44. The van der Waals surface area contributed by atoms with Crippen LogP contribution in [0, 0.1) is 0 Å². The van der Waals surface area contributed by atoms with Crippen molar-refractivity contribution < 1.29 is 12.8 Å². The number of nitrogens with two attached hydrogens (primary N) is 1. The van der Waals surface area contributed by atoms with Gasteiger partial charge in [0.15, 0.2) is 5.76 Å². The van der Waals surface area contributed by atoms with Gasteiger partial charge < -0.3 is 4.42 Å². The van der Waals surface area contributed by atoms with E-state index in [0.717, 1.165) is 5.56 Å². The summed E-state index contributed by atoms with van der Waals surface area (Å²) >= 11 is 0. The van der Waals surface area contributed by atoms with Gasteiger partial charge in [0.05, 0.1) is 17.6 Å². The zero-order chi connectivity index (χ0) is 17.0. The van der Waals surface area contributed by atoms with Gasteiger partial charge in [-0.1, -0.05) is 35.5 Å². The second-order valence-electron chi connectivity index (χ2n) is 5.36. The Morgan fingerprint density at radius 1 is 1.21 bits per heavy atom. The fourth-order valence-corrected chi connectivity index (χ4v) is 2.79. The van der Waals surface area contributed by atoms with Crippen LogP contribution < -0.4 is 5.14 Å². The molecular weight excluding hydrogens is 330 g/mol. The third-order valence-corrected chi connectivity index (χ3v) is 4.21. The summed E-state index contributed by atoms with van der Waals surface area (Å²) in [6.45, 7) is 0.356. The van der Waals surface area contributed by atoms with Gasteiger partial charge in [0.25, 0.3) is 0 Å². The fourth-order valence-electron chi connectivity index (χ4n) is 2.24. The molecular formula is C15H17N5O3S. The highest BCUT2D eigenvalue weighted by molar-refractivity contribution is 7.89. The van der Waals surface area contributed by atoms with E-state index in [1.165, 1.54) is 0 Å². The summed E-state index contributed by atoms with van der Waals surface area (Å²) in [5.74, 6) is 1.15. The molecule has 0 atom stereocenters. The van der Waals surface area contributed by atoms with Crippen molar-refractivity contribution in [1.29, 1.82) is 0 Å². The largest absolute Gasteiger partial charge is 0.439 e. The van der Waals surface area contributed by atoms with Crippen molar-refractivity contribution in [2.75, 3.05) is 5.75 Å². The van der Waals surface area contributed by atoms with Crippen LogP contribution in [0.5, 0.6) is 0 Å². The number of aryl methyl sites for hydroxylation is 1. The third-order valence-electron chi connectivity index (χ3n) is 3.36. The Hall–Kier alpha value is -2.52. The molecule has 0 radical (unpaired) electrons. The highest BCUT2D eigenvalue weighted by Gasteiger charge is 2.09. The number of oxazole rings is 1. The van der Waals surface area contributed by atoms with Gasteiger partial charge in [0.2, 0.25) is 15.9 Å². The first-order valence-electron chi connectivity index (χ1n) is 7.39. The molecule has 0 amide bonds. The standard InChI is InChI=1S/C15H17N5O3S/c16-24(21,22)8-4-7-13-10-20(19-18-13)11-15-17-9-14(23-15)12-5-2-1-3-6-12/h1-3,5-6,9-10H,4,7-8,11H2,(H2,16,21,22). The van der Waals surface area contributed by atoms with Gasteiger partial charge in [-0.15, -0.1) is 5.10 Å². The smallest absolute Gasteiger partial charge is 0.216 e. The summed E-state index contributed by atoms with van der Waals surface area (Å²) in [5.41, 5.74) is 1.66. The van der Waals surface area contributed by atoms with Gasteiger partial charge in [-0.3, -0.25) is 0 Å². The number of hydrogen-bond acceptors (Lipinski definition) is 6. The maximum Gasteiger partial charge on any atom is 0.216 e. The van der Waals surface area contributed by atoms with Gasteiger partial charge in [-0.2, -0.15) is 0 Å². The predicted octanol–water partition coefficient (Wildman–Crippen LogP) is 1.20. The van der Waals surface area contributed by atoms with Crippen molar-refractivity contribution in [2.24, 2.45) is 5.14 Å². The first-order chi connectivity index (χ1) is 11.5. The molecule has 2 heterocycles. The molecule has 0 saturated carbocycles. The second kappa shape index (κ2) is 6.93. The zero-order valence-electron chi connectivity index (χ0n) is 12.9. The van der Waals surface area contributed by atoms with E-state index < -0.39 is 10.0 Å². The van der Waals surface area contributed by atoms with Crippen molar-refractivity contribution in [3.05, 3.63) is 54.3 Å². The molecule has 2 aromatic heterocycles. The normalized spacial score (nSPS) is 11.7. The molecule has 3 rings (SSSR count). The first kappa shape index (κ1) is 16.3. The number of sulfonamides is 1. The van der Waals surface area contributed by atoms with E-state index in [4.69, 9.17) is 9.56 Å². The van der Waals surface area contributed by atoms with E-state index >= 15 is 0 Å². The van der Waals surface area contributed by atoms with Crippen LogP contribution in [0.25, 0.3) is 11.3 Å². The van der Waals surface area contributed by atoms with E-state index in [0.29, 0.717) is 36.7 Å². The van der Waals surface area contributed by atoms with E-state index in [9.17, 15) is 8.42 Å². The van der Waals surface area contributed by atoms with Crippen LogP contribution in [0.4, 0.5) is 0 Å². The Bertz CT molecular complexity index is 902. The minimum atomic E-state index is -3.44. The number of aromatic nitrogens is 4. The molecule has 1 aromatic carbocycles. The summed E-state index contributed by atoms with van der Waals surface area (Å²) < 4.78 is 29.1. The summed E-state index contributed by atoms with van der Waals surface area (Å²) in [6, 6.07) is 9.70. The first-order valence-corrected chi connectivity index (χ1v) is 9.11. The molecule has 0 unspecified atom stereocenters. The average Bonchev–Trinajstić information content (AvgIpc) is 3.17. The molecule has 0 saturated heterocycles. The maximum absolute atomic E-state index is 10.9. The van der Waals surface area contributed by atoms with Gasteiger partial charge >= 0.3 is 0 Å². The van der Waals surface area contributed by atoms with Crippen LogP contribution in [0.3, 0.4) is 0 Å². The van der Waals surface area contributed by atoms with E-state index in [-0.39, 0.29) is 5.75 Å². The summed E-state index contributed by atoms with van der Waals surface area (Å²) in [4.78, 5) is 4.24. The fraction of sp³-hybridized carbons (Fsp3) is 0.267. The van der Waals surface area contributed by atoms with Crippen LogP contribution in [-0.4, -0.2) is 34.1 Å². The molecule has 0 bridgehead atoms. The lowest BCUT2D eigenvalue weighted by molar-refractivity contribution is 0.469. The minimum Gasteiger partial charge on any atom is -0.439 e. The molecule has 0 fully saturated rings. The molecule has 3 aromatic rings. The summed E-state index contributed by atoms with van der Waals surface area (Å²) in [5, 5.41) is 13.0. The lowest BCUT2D eigenvalue weighted by Gasteiger charge is -1.97. The number of primary sulfonamides is 1.